The van der Waals surface area contributed by atoms with Gasteiger partial charge in [-0.3, -0.25) is 4.79 Å². The number of piperidine rings is 1. The number of hydrogen-bond donors (Lipinski definition) is 2. The van der Waals surface area contributed by atoms with E-state index in [0.29, 0.717) is 33.9 Å². The Morgan fingerprint density at radius 3 is 2.33 bits per heavy atom. The number of carbonyl (C=O) groups is 1. The maximum Gasteiger partial charge on any atom is 0.243 e. The number of nitrogens with two attached hydrogens (primary N) is 1. The van der Waals surface area contributed by atoms with Gasteiger partial charge in [-0.05, 0) is 55.3 Å². The van der Waals surface area contributed by atoms with Crippen molar-refractivity contribution in [3.63, 3.8) is 0 Å². The van der Waals surface area contributed by atoms with Gasteiger partial charge in [-0.1, -0.05) is 11.3 Å². The number of benzene rings is 2. The molecule has 1 aromatic heterocycles. The monoisotopic (exact) mass is 510 g/mol. The summed E-state index contributed by atoms with van der Waals surface area (Å²) in [5.74, 6) is -0.0402. The number of carbonyl (C=O) groups excluding carboxylic acids is 1. The van der Waals surface area contributed by atoms with Crippen molar-refractivity contribution in [2.75, 3.05) is 25.5 Å². The van der Waals surface area contributed by atoms with Gasteiger partial charge in [-0.15, -0.1) is 0 Å². The molecule has 0 aliphatic carbocycles. The summed E-state index contributed by atoms with van der Waals surface area (Å²) in [6, 6.07) is 10.5. The fourth-order valence-corrected chi connectivity index (χ4v) is 6.59. The SMILES string of the molecule is COc1ccc(S(=O)(=O)N2CCC(C(=O)Nc3nc4ccc(S(N)(=O)=O)cc4s3)CC2)cc1. The first kappa shape index (κ1) is 23.6. The third-order valence-electron chi connectivity index (χ3n) is 5.44. The van der Waals surface area contributed by atoms with Crippen LogP contribution in [0.15, 0.2) is 52.3 Å². The van der Waals surface area contributed by atoms with Gasteiger partial charge in [0.05, 0.1) is 27.1 Å². The first-order valence-corrected chi connectivity index (χ1v) is 13.8. The average Bonchev–Trinajstić information content (AvgIpc) is 3.20. The van der Waals surface area contributed by atoms with Crippen LogP contribution in [0.25, 0.3) is 10.2 Å². The van der Waals surface area contributed by atoms with Gasteiger partial charge in [0.25, 0.3) is 0 Å². The van der Waals surface area contributed by atoms with Crippen molar-refractivity contribution in [1.82, 2.24) is 9.29 Å². The second-order valence-electron chi connectivity index (χ2n) is 7.54. The van der Waals surface area contributed by atoms with Crippen LogP contribution >= 0.6 is 11.3 Å². The Balaban J connectivity index is 1.40. The molecule has 176 valence electrons. The average molecular weight is 511 g/mol. The van der Waals surface area contributed by atoms with Gasteiger partial charge in [0, 0.05) is 19.0 Å². The summed E-state index contributed by atoms with van der Waals surface area (Å²) in [6.45, 7) is 0.452. The largest absolute Gasteiger partial charge is 0.497 e. The zero-order valence-electron chi connectivity index (χ0n) is 17.6. The molecule has 1 fully saturated rings. The molecule has 1 saturated heterocycles. The molecule has 0 bridgehead atoms. The molecule has 2 heterocycles. The number of methoxy groups -OCH3 is 1. The molecule has 33 heavy (non-hydrogen) atoms. The minimum atomic E-state index is -3.83. The van der Waals surface area contributed by atoms with Crippen LogP contribution in [0.2, 0.25) is 0 Å². The van der Waals surface area contributed by atoms with Gasteiger partial charge in [-0.25, -0.2) is 27.0 Å². The molecule has 1 amide bonds. The zero-order chi connectivity index (χ0) is 23.8. The standard InChI is InChI=1S/C20H22N4O6S3/c1-30-14-2-4-15(5-3-14)33(28,29)24-10-8-13(9-11-24)19(25)23-20-22-17-7-6-16(32(21,26)27)12-18(17)31-20/h2-7,12-13H,8-11H2,1H3,(H2,21,26,27)(H,22,23,25). The van der Waals surface area contributed by atoms with Crippen molar-refractivity contribution < 1.29 is 26.4 Å². The number of hydrogen-bond acceptors (Lipinski definition) is 8. The number of nitrogens with one attached hydrogen (secondary N) is 1. The van der Waals surface area contributed by atoms with E-state index in [4.69, 9.17) is 9.88 Å². The van der Waals surface area contributed by atoms with Crippen LogP contribution < -0.4 is 15.2 Å². The minimum absolute atomic E-state index is 0.0260. The molecule has 10 nitrogen and oxygen atoms in total. The predicted octanol–water partition coefficient (Wildman–Crippen LogP) is 1.99. The number of rotatable bonds is 6. The number of aromatic nitrogens is 1. The molecule has 2 aromatic carbocycles. The van der Waals surface area contributed by atoms with Crippen molar-refractivity contribution >= 4 is 52.6 Å². The molecular weight excluding hydrogens is 488 g/mol. The maximum absolute atomic E-state index is 12.9. The minimum Gasteiger partial charge on any atom is -0.497 e. The second kappa shape index (κ2) is 8.99. The summed E-state index contributed by atoms with van der Waals surface area (Å²) in [5.41, 5.74) is 0.545. The molecule has 13 heteroatoms. The molecule has 4 rings (SSSR count). The zero-order valence-corrected chi connectivity index (χ0v) is 20.0. The maximum atomic E-state index is 12.9. The summed E-state index contributed by atoms with van der Waals surface area (Å²) in [5, 5.41) is 8.26. The van der Waals surface area contributed by atoms with E-state index in [1.807, 2.05) is 0 Å². The Bertz CT molecular complexity index is 1390. The second-order valence-corrected chi connectivity index (χ2v) is 12.1. The van der Waals surface area contributed by atoms with Gasteiger partial charge in [-0.2, -0.15) is 4.31 Å². The van der Waals surface area contributed by atoms with E-state index in [1.54, 1.807) is 12.1 Å². The fraction of sp³-hybridized carbons (Fsp3) is 0.300. The van der Waals surface area contributed by atoms with Crippen molar-refractivity contribution in [1.29, 1.82) is 0 Å². The third kappa shape index (κ3) is 5.01. The number of amides is 1. The summed E-state index contributed by atoms with van der Waals surface area (Å²) >= 11 is 1.15. The van der Waals surface area contributed by atoms with Crippen molar-refractivity contribution in [2.24, 2.45) is 11.1 Å². The first-order valence-electron chi connectivity index (χ1n) is 9.96. The Morgan fingerprint density at radius 1 is 1.09 bits per heavy atom. The number of nitrogens with zero attached hydrogens (tertiary/aromatic N) is 2. The van der Waals surface area contributed by atoms with Crippen LogP contribution in [0.5, 0.6) is 5.75 Å². The molecule has 0 saturated carbocycles. The Morgan fingerprint density at radius 2 is 1.73 bits per heavy atom. The van der Waals surface area contributed by atoms with Gasteiger partial charge < -0.3 is 10.1 Å². The van der Waals surface area contributed by atoms with E-state index in [0.717, 1.165) is 11.3 Å². The van der Waals surface area contributed by atoms with Gasteiger partial charge in [0.1, 0.15) is 5.75 Å². The van der Waals surface area contributed by atoms with Crippen LogP contribution in [-0.2, 0) is 24.8 Å². The predicted molar refractivity (Wildman–Crippen MR) is 124 cm³/mol. The van der Waals surface area contributed by atoms with Crippen LogP contribution in [0, 0.1) is 5.92 Å². The molecule has 0 unspecified atom stereocenters. The quantitative estimate of drug-likeness (QED) is 0.515. The lowest BCUT2D eigenvalue weighted by molar-refractivity contribution is -0.120. The molecule has 0 radical (unpaired) electrons. The fourth-order valence-electron chi connectivity index (χ4n) is 3.60. The van der Waals surface area contributed by atoms with Crippen LogP contribution in [0.4, 0.5) is 5.13 Å². The van der Waals surface area contributed by atoms with Gasteiger partial charge in [0.15, 0.2) is 5.13 Å². The summed E-state index contributed by atoms with van der Waals surface area (Å²) in [4.78, 5) is 17.2. The summed E-state index contributed by atoms with van der Waals surface area (Å²) < 4.78 is 55.8. The van der Waals surface area contributed by atoms with E-state index >= 15 is 0 Å². The van der Waals surface area contributed by atoms with Crippen LogP contribution in [0.3, 0.4) is 0 Å². The van der Waals surface area contributed by atoms with Gasteiger partial charge >= 0.3 is 0 Å². The van der Waals surface area contributed by atoms with Crippen molar-refractivity contribution in [3.8, 4) is 5.75 Å². The van der Waals surface area contributed by atoms with E-state index in [1.165, 1.54) is 41.7 Å². The van der Waals surface area contributed by atoms with Crippen molar-refractivity contribution in [2.45, 2.75) is 22.6 Å². The number of ether oxygens (including phenoxy) is 1. The van der Waals surface area contributed by atoms with E-state index in [2.05, 4.69) is 10.3 Å². The molecule has 0 spiro atoms. The lowest BCUT2D eigenvalue weighted by atomic mass is 9.97. The van der Waals surface area contributed by atoms with E-state index in [9.17, 15) is 21.6 Å². The van der Waals surface area contributed by atoms with E-state index < -0.39 is 20.0 Å². The normalized spacial score (nSPS) is 16.1. The highest BCUT2D eigenvalue weighted by Gasteiger charge is 2.32. The van der Waals surface area contributed by atoms with Gasteiger partial charge in [0.2, 0.25) is 26.0 Å². The molecule has 1 aliphatic heterocycles. The number of thiazole rings is 1. The highest BCUT2D eigenvalue weighted by molar-refractivity contribution is 7.89. The van der Waals surface area contributed by atoms with Crippen molar-refractivity contribution in [3.05, 3.63) is 42.5 Å². The van der Waals surface area contributed by atoms with Crippen LogP contribution in [-0.4, -0.2) is 52.2 Å². The highest BCUT2D eigenvalue weighted by atomic mass is 32.2. The summed E-state index contributed by atoms with van der Waals surface area (Å²) in [6.07, 6.45) is 0.753. The Kier molecular flexibility index (Phi) is 6.42. The molecule has 1 aliphatic rings. The number of sulfonamides is 2. The topological polar surface area (TPSA) is 149 Å². The molecule has 3 aromatic rings. The molecule has 0 atom stereocenters. The third-order valence-corrected chi connectivity index (χ3v) is 9.20. The Labute approximate surface area is 195 Å². The number of fused-ring (bicyclic) bond motifs is 1. The lowest BCUT2D eigenvalue weighted by Gasteiger charge is -2.30. The highest BCUT2D eigenvalue weighted by Crippen LogP contribution is 2.30. The number of anilines is 1. The number of primary sulfonamides is 1. The lowest BCUT2D eigenvalue weighted by Crippen LogP contribution is -2.41. The van der Waals surface area contributed by atoms with Crippen LogP contribution in [0.1, 0.15) is 12.8 Å². The summed E-state index contributed by atoms with van der Waals surface area (Å²) in [7, 11) is -5.98. The Hall–Kier alpha value is -2.58. The molecular formula is C20H22N4O6S3. The smallest absolute Gasteiger partial charge is 0.243 e. The van der Waals surface area contributed by atoms with E-state index in [-0.39, 0.29) is 34.7 Å². The molecule has 3 N–H and O–H groups in total. The first-order chi connectivity index (χ1) is 15.6.